The van der Waals surface area contributed by atoms with Crippen LogP contribution in [0, 0.1) is 4.77 Å². The van der Waals surface area contributed by atoms with Crippen molar-refractivity contribution in [1.29, 1.82) is 0 Å². The van der Waals surface area contributed by atoms with Gasteiger partial charge in [0, 0.05) is 19.0 Å². The standard InChI is InChI=1S/C18H21N5S2/c1-2-9-22-12-19-23(18(22)24)13-21-10-5-6-14(11-21)17-20-15-7-3-4-8-16(15)25-17/h2-4,7-8,12,14H,1,5-6,9-11,13H2/t14-/m0/s1. The van der Waals surface area contributed by atoms with E-state index >= 15 is 0 Å². The fraction of sp³-hybridized carbons (Fsp3) is 0.389. The van der Waals surface area contributed by atoms with E-state index in [1.54, 1.807) is 6.33 Å². The number of thiazole rings is 1. The molecule has 5 nitrogen and oxygen atoms in total. The number of allylic oxidation sites excluding steroid dienone is 1. The maximum atomic E-state index is 5.50. The summed E-state index contributed by atoms with van der Waals surface area (Å²) in [5.74, 6) is 0.496. The number of hydrogen-bond donors (Lipinski definition) is 0. The van der Waals surface area contributed by atoms with E-state index in [0.717, 1.165) is 30.0 Å². The minimum atomic E-state index is 0.496. The second-order valence-electron chi connectivity index (χ2n) is 6.43. The molecule has 1 aliphatic rings. The monoisotopic (exact) mass is 371 g/mol. The first-order chi connectivity index (χ1) is 12.2. The van der Waals surface area contributed by atoms with Crippen molar-refractivity contribution in [2.45, 2.75) is 32.0 Å². The summed E-state index contributed by atoms with van der Waals surface area (Å²) in [5.41, 5.74) is 1.12. The summed E-state index contributed by atoms with van der Waals surface area (Å²) in [4.78, 5) is 7.29. The molecule has 1 saturated heterocycles. The van der Waals surface area contributed by atoms with E-state index in [1.807, 2.05) is 26.7 Å². The fourth-order valence-corrected chi connectivity index (χ4v) is 4.69. The minimum absolute atomic E-state index is 0.496. The van der Waals surface area contributed by atoms with Gasteiger partial charge in [-0.3, -0.25) is 4.90 Å². The lowest BCUT2D eigenvalue weighted by Gasteiger charge is -2.31. The number of piperidine rings is 1. The van der Waals surface area contributed by atoms with Crippen LogP contribution in [0.3, 0.4) is 0 Å². The molecule has 2 aromatic heterocycles. The minimum Gasteiger partial charge on any atom is -0.303 e. The van der Waals surface area contributed by atoms with Gasteiger partial charge in [-0.2, -0.15) is 5.10 Å². The van der Waals surface area contributed by atoms with Gasteiger partial charge in [-0.15, -0.1) is 17.9 Å². The molecule has 130 valence electrons. The molecular formula is C18H21N5S2. The van der Waals surface area contributed by atoms with Crippen LogP contribution in [0.4, 0.5) is 0 Å². The highest BCUT2D eigenvalue weighted by atomic mass is 32.1. The summed E-state index contributed by atoms with van der Waals surface area (Å²) < 4.78 is 5.87. The van der Waals surface area contributed by atoms with Crippen LogP contribution in [-0.4, -0.2) is 37.3 Å². The predicted octanol–water partition coefficient (Wildman–Crippen LogP) is 4.05. The Morgan fingerprint density at radius 3 is 3.08 bits per heavy atom. The summed E-state index contributed by atoms with van der Waals surface area (Å²) in [7, 11) is 0. The molecule has 1 fully saturated rings. The molecule has 0 N–H and O–H groups in total. The second kappa shape index (κ2) is 7.19. The Balaban J connectivity index is 1.49. The summed E-state index contributed by atoms with van der Waals surface area (Å²) in [6.45, 7) is 7.30. The molecule has 0 amide bonds. The predicted molar refractivity (Wildman–Crippen MR) is 104 cm³/mol. The lowest BCUT2D eigenvalue weighted by Crippen LogP contribution is -2.36. The Hall–Kier alpha value is -1.83. The van der Waals surface area contributed by atoms with Crippen LogP contribution < -0.4 is 0 Å². The molecule has 3 aromatic rings. The fourth-order valence-electron chi connectivity index (χ4n) is 3.37. The van der Waals surface area contributed by atoms with Crippen LogP contribution in [0.25, 0.3) is 10.2 Å². The second-order valence-corrected chi connectivity index (χ2v) is 7.86. The summed E-state index contributed by atoms with van der Waals surface area (Å²) >= 11 is 7.33. The molecule has 0 bridgehead atoms. The first-order valence-electron chi connectivity index (χ1n) is 8.55. The zero-order chi connectivity index (χ0) is 17.2. The molecule has 0 unspecified atom stereocenters. The number of likely N-dealkylation sites (tertiary alicyclic amines) is 1. The quantitative estimate of drug-likeness (QED) is 0.501. The third-order valence-corrected chi connectivity index (χ3v) is 6.27. The maximum Gasteiger partial charge on any atom is 0.199 e. The van der Waals surface area contributed by atoms with E-state index in [0.29, 0.717) is 12.5 Å². The van der Waals surface area contributed by atoms with E-state index in [4.69, 9.17) is 17.2 Å². The number of hydrogen-bond acceptors (Lipinski definition) is 5. The zero-order valence-corrected chi connectivity index (χ0v) is 15.7. The molecule has 0 saturated carbocycles. The largest absolute Gasteiger partial charge is 0.303 e. The Bertz CT molecular complexity index is 905. The first kappa shape index (κ1) is 16.6. The van der Waals surface area contributed by atoms with Crippen LogP contribution in [0.5, 0.6) is 0 Å². The Labute approximate surface area is 156 Å². The van der Waals surface area contributed by atoms with E-state index in [2.05, 4.69) is 40.8 Å². The molecule has 1 aliphatic heterocycles. The molecular weight excluding hydrogens is 350 g/mol. The van der Waals surface area contributed by atoms with Crippen LogP contribution in [0.15, 0.2) is 43.2 Å². The lowest BCUT2D eigenvalue weighted by atomic mass is 9.99. The van der Waals surface area contributed by atoms with Gasteiger partial charge in [0.25, 0.3) is 0 Å². The molecule has 4 rings (SSSR count). The van der Waals surface area contributed by atoms with Crippen LogP contribution in [0.1, 0.15) is 23.8 Å². The van der Waals surface area contributed by atoms with E-state index in [1.165, 1.54) is 22.5 Å². The molecule has 3 heterocycles. The normalized spacial score (nSPS) is 18.6. The van der Waals surface area contributed by atoms with E-state index in [9.17, 15) is 0 Å². The van der Waals surface area contributed by atoms with Gasteiger partial charge in [-0.25, -0.2) is 9.67 Å². The number of fused-ring (bicyclic) bond motifs is 1. The molecule has 7 heteroatoms. The van der Waals surface area contributed by atoms with Gasteiger partial charge in [0.05, 0.1) is 21.9 Å². The SMILES string of the molecule is C=CCn1cnn(CN2CCC[C@H](c3nc4ccccc4s3)C2)c1=S. The van der Waals surface area contributed by atoms with Gasteiger partial charge in [0.15, 0.2) is 4.77 Å². The van der Waals surface area contributed by atoms with Gasteiger partial charge in [0.1, 0.15) is 6.33 Å². The number of benzene rings is 1. The molecule has 0 spiro atoms. The van der Waals surface area contributed by atoms with Crippen LogP contribution in [-0.2, 0) is 13.2 Å². The molecule has 0 aliphatic carbocycles. The molecule has 0 radical (unpaired) electrons. The Kier molecular flexibility index (Phi) is 4.78. The molecule has 1 atom stereocenters. The summed E-state index contributed by atoms with van der Waals surface area (Å²) in [6.07, 6.45) is 6.01. The summed E-state index contributed by atoms with van der Waals surface area (Å²) in [5, 5.41) is 5.69. The third kappa shape index (κ3) is 3.44. The highest BCUT2D eigenvalue weighted by molar-refractivity contribution is 7.71. The van der Waals surface area contributed by atoms with Gasteiger partial charge >= 0.3 is 0 Å². The third-order valence-electron chi connectivity index (χ3n) is 4.62. The smallest absolute Gasteiger partial charge is 0.199 e. The Morgan fingerprint density at radius 1 is 1.36 bits per heavy atom. The van der Waals surface area contributed by atoms with Crippen molar-refractivity contribution in [3.8, 4) is 0 Å². The topological polar surface area (TPSA) is 38.9 Å². The molecule has 25 heavy (non-hydrogen) atoms. The van der Waals surface area contributed by atoms with Crippen molar-refractivity contribution in [3.63, 3.8) is 0 Å². The average molecular weight is 372 g/mol. The van der Waals surface area contributed by atoms with E-state index < -0.39 is 0 Å². The van der Waals surface area contributed by atoms with Gasteiger partial charge < -0.3 is 4.57 Å². The Morgan fingerprint density at radius 2 is 2.24 bits per heavy atom. The maximum absolute atomic E-state index is 5.50. The summed E-state index contributed by atoms with van der Waals surface area (Å²) in [6, 6.07) is 8.39. The lowest BCUT2D eigenvalue weighted by molar-refractivity contribution is 0.156. The van der Waals surface area contributed by atoms with Gasteiger partial charge in [-0.1, -0.05) is 18.2 Å². The molecule has 1 aromatic carbocycles. The number of aromatic nitrogens is 4. The van der Waals surface area contributed by atoms with Crippen molar-refractivity contribution in [1.82, 2.24) is 24.2 Å². The first-order valence-corrected chi connectivity index (χ1v) is 9.78. The average Bonchev–Trinajstić information content (AvgIpc) is 3.21. The van der Waals surface area contributed by atoms with Gasteiger partial charge in [0.2, 0.25) is 0 Å². The van der Waals surface area contributed by atoms with E-state index in [-0.39, 0.29) is 0 Å². The van der Waals surface area contributed by atoms with Crippen molar-refractivity contribution < 1.29 is 0 Å². The zero-order valence-electron chi connectivity index (χ0n) is 14.0. The number of rotatable bonds is 5. The van der Waals surface area contributed by atoms with Crippen molar-refractivity contribution in [2.24, 2.45) is 0 Å². The van der Waals surface area contributed by atoms with Crippen LogP contribution >= 0.6 is 23.6 Å². The van der Waals surface area contributed by atoms with Crippen LogP contribution in [0.2, 0.25) is 0 Å². The van der Waals surface area contributed by atoms with Crippen molar-refractivity contribution >= 4 is 33.8 Å². The highest BCUT2D eigenvalue weighted by Crippen LogP contribution is 2.33. The number of para-hydroxylation sites is 1. The van der Waals surface area contributed by atoms with Gasteiger partial charge in [-0.05, 0) is 43.7 Å². The van der Waals surface area contributed by atoms with Crippen molar-refractivity contribution in [2.75, 3.05) is 13.1 Å². The highest BCUT2D eigenvalue weighted by Gasteiger charge is 2.24. The van der Waals surface area contributed by atoms with Crippen molar-refractivity contribution in [3.05, 3.63) is 53.0 Å². The number of nitrogens with zero attached hydrogens (tertiary/aromatic N) is 5.